The standard InChI is InChI=1S/C13H17/c1-2-4-6-8-10-12-13-11-9-7-5-3-1/h1-3,9-12H,4,6-8,13H2. The third-order valence-corrected chi connectivity index (χ3v) is 1.93. The van der Waals surface area contributed by atoms with Gasteiger partial charge in [0, 0.05) is 0 Å². The first kappa shape index (κ1) is 10.0. The van der Waals surface area contributed by atoms with Crippen molar-refractivity contribution in [2.75, 3.05) is 0 Å². The van der Waals surface area contributed by atoms with E-state index in [-0.39, 0.29) is 0 Å². The lowest BCUT2D eigenvalue weighted by molar-refractivity contribution is 0.866. The van der Waals surface area contributed by atoms with Crippen molar-refractivity contribution in [2.45, 2.75) is 32.1 Å². The molecule has 1 aliphatic carbocycles. The van der Waals surface area contributed by atoms with Gasteiger partial charge in [0.1, 0.15) is 0 Å². The van der Waals surface area contributed by atoms with E-state index in [0.717, 1.165) is 12.8 Å². The maximum atomic E-state index is 3.20. The highest BCUT2D eigenvalue weighted by molar-refractivity contribution is 5.02. The van der Waals surface area contributed by atoms with Crippen LogP contribution >= 0.6 is 0 Å². The summed E-state index contributed by atoms with van der Waals surface area (Å²) >= 11 is 0. The quantitative estimate of drug-likeness (QED) is 0.486. The van der Waals surface area contributed by atoms with Crippen molar-refractivity contribution in [1.82, 2.24) is 0 Å². The number of allylic oxidation sites excluding steroid dienone is 8. The molecule has 0 atom stereocenters. The molecule has 0 heteroatoms. The van der Waals surface area contributed by atoms with E-state index in [2.05, 4.69) is 42.5 Å². The highest BCUT2D eigenvalue weighted by Gasteiger charge is 1.80. The molecule has 1 rings (SSSR count). The Morgan fingerprint density at radius 3 is 2.69 bits per heavy atom. The van der Waals surface area contributed by atoms with E-state index in [4.69, 9.17) is 0 Å². The molecule has 0 nitrogen and oxygen atoms in total. The van der Waals surface area contributed by atoms with Crippen LogP contribution in [0.3, 0.4) is 0 Å². The van der Waals surface area contributed by atoms with Gasteiger partial charge in [0.15, 0.2) is 0 Å². The molecule has 0 aromatic carbocycles. The van der Waals surface area contributed by atoms with Crippen LogP contribution in [0.4, 0.5) is 0 Å². The Morgan fingerprint density at radius 2 is 1.69 bits per heavy atom. The molecule has 0 saturated heterocycles. The van der Waals surface area contributed by atoms with E-state index in [0.29, 0.717) is 0 Å². The minimum Gasteiger partial charge on any atom is -0.0882 e. The summed E-state index contributed by atoms with van der Waals surface area (Å²) in [4.78, 5) is 0. The van der Waals surface area contributed by atoms with Gasteiger partial charge in [-0.25, -0.2) is 0 Å². The highest BCUT2D eigenvalue weighted by atomic mass is 13.9. The SMILES string of the molecule is [C]1=CC=CCCCC=CCC=CC1. The van der Waals surface area contributed by atoms with Crippen molar-refractivity contribution in [3.8, 4) is 0 Å². The zero-order valence-corrected chi connectivity index (χ0v) is 8.08. The Bertz CT molecular complexity index is 216. The van der Waals surface area contributed by atoms with Crippen LogP contribution in [0.15, 0.2) is 42.5 Å². The second kappa shape index (κ2) is 7.60. The Kier molecular flexibility index (Phi) is 5.87. The zero-order chi connectivity index (χ0) is 9.19. The maximum Gasteiger partial charge on any atom is -0.00945 e. The van der Waals surface area contributed by atoms with Crippen LogP contribution in [0.2, 0.25) is 0 Å². The summed E-state index contributed by atoms with van der Waals surface area (Å²) in [5.41, 5.74) is 0. The van der Waals surface area contributed by atoms with Gasteiger partial charge in [-0.3, -0.25) is 0 Å². The van der Waals surface area contributed by atoms with Crippen LogP contribution in [0.1, 0.15) is 32.1 Å². The van der Waals surface area contributed by atoms with E-state index in [1.165, 1.54) is 19.3 Å². The predicted octanol–water partition coefficient (Wildman–Crippen LogP) is 3.98. The Morgan fingerprint density at radius 1 is 0.846 bits per heavy atom. The smallest absolute Gasteiger partial charge is 0.00945 e. The molecular formula is C13H17. The lowest BCUT2D eigenvalue weighted by Gasteiger charge is -1.88. The van der Waals surface area contributed by atoms with Gasteiger partial charge in [-0.2, -0.15) is 0 Å². The van der Waals surface area contributed by atoms with Gasteiger partial charge < -0.3 is 0 Å². The monoisotopic (exact) mass is 173 g/mol. The summed E-state index contributed by atoms with van der Waals surface area (Å²) < 4.78 is 0. The molecule has 0 fully saturated rings. The molecule has 0 aromatic heterocycles. The van der Waals surface area contributed by atoms with Crippen molar-refractivity contribution in [3.63, 3.8) is 0 Å². The van der Waals surface area contributed by atoms with E-state index < -0.39 is 0 Å². The van der Waals surface area contributed by atoms with Crippen LogP contribution in [-0.4, -0.2) is 0 Å². The Labute approximate surface area is 81.4 Å². The zero-order valence-electron chi connectivity index (χ0n) is 8.08. The van der Waals surface area contributed by atoms with Gasteiger partial charge in [-0.05, 0) is 38.2 Å². The maximum absolute atomic E-state index is 3.20. The summed E-state index contributed by atoms with van der Waals surface area (Å²) in [5.74, 6) is 0. The normalized spacial score (nSPS) is 19.1. The first-order chi connectivity index (χ1) is 6.50. The molecule has 0 heterocycles. The van der Waals surface area contributed by atoms with E-state index in [1.54, 1.807) is 0 Å². The van der Waals surface area contributed by atoms with Gasteiger partial charge in [-0.1, -0.05) is 42.5 Å². The molecule has 0 amide bonds. The average molecular weight is 173 g/mol. The average Bonchev–Trinajstić information content (AvgIpc) is 2.18. The van der Waals surface area contributed by atoms with E-state index in [9.17, 15) is 0 Å². The van der Waals surface area contributed by atoms with Crippen LogP contribution in [0, 0.1) is 6.08 Å². The Balaban J connectivity index is 2.38. The summed E-state index contributed by atoms with van der Waals surface area (Å²) in [6.45, 7) is 0. The van der Waals surface area contributed by atoms with Gasteiger partial charge >= 0.3 is 0 Å². The molecule has 0 spiro atoms. The van der Waals surface area contributed by atoms with Crippen LogP contribution in [-0.2, 0) is 0 Å². The second-order valence-electron chi connectivity index (χ2n) is 3.11. The van der Waals surface area contributed by atoms with E-state index in [1.807, 2.05) is 6.08 Å². The molecule has 13 heavy (non-hydrogen) atoms. The van der Waals surface area contributed by atoms with Crippen molar-refractivity contribution in [2.24, 2.45) is 0 Å². The molecule has 0 unspecified atom stereocenters. The highest BCUT2D eigenvalue weighted by Crippen LogP contribution is 2.00. The topological polar surface area (TPSA) is 0 Å². The first-order valence-electron chi connectivity index (χ1n) is 5.02. The summed E-state index contributed by atoms with van der Waals surface area (Å²) in [7, 11) is 0. The molecule has 0 aliphatic heterocycles. The minimum absolute atomic E-state index is 0.929. The lowest BCUT2D eigenvalue weighted by Crippen LogP contribution is -1.68. The van der Waals surface area contributed by atoms with Crippen molar-refractivity contribution in [3.05, 3.63) is 48.6 Å². The molecule has 1 radical (unpaired) electrons. The summed E-state index contributed by atoms with van der Waals surface area (Å²) in [6, 6.07) is 0. The summed E-state index contributed by atoms with van der Waals surface area (Å²) in [5, 5.41) is 0. The van der Waals surface area contributed by atoms with Gasteiger partial charge in [0.2, 0.25) is 0 Å². The number of hydrogen-bond acceptors (Lipinski definition) is 0. The van der Waals surface area contributed by atoms with E-state index >= 15 is 0 Å². The van der Waals surface area contributed by atoms with Crippen LogP contribution in [0.25, 0.3) is 0 Å². The van der Waals surface area contributed by atoms with Crippen molar-refractivity contribution >= 4 is 0 Å². The van der Waals surface area contributed by atoms with Crippen molar-refractivity contribution in [1.29, 1.82) is 0 Å². The predicted molar refractivity (Wildman–Crippen MR) is 58.3 cm³/mol. The lowest BCUT2D eigenvalue weighted by atomic mass is 10.2. The summed E-state index contributed by atoms with van der Waals surface area (Å²) in [6.07, 6.45) is 24.0. The van der Waals surface area contributed by atoms with Crippen LogP contribution < -0.4 is 0 Å². The third kappa shape index (κ3) is 6.15. The second-order valence-corrected chi connectivity index (χ2v) is 3.11. The third-order valence-electron chi connectivity index (χ3n) is 1.93. The van der Waals surface area contributed by atoms with Crippen LogP contribution in [0.5, 0.6) is 0 Å². The minimum atomic E-state index is 0.929. The Hall–Kier alpha value is -1.04. The molecule has 69 valence electrons. The molecule has 1 aliphatic rings. The fourth-order valence-electron chi connectivity index (χ4n) is 1.19. The number of hydrogen-bond donors (Lipinski definition) is 0. The molecule has 0 aromatic rings. The fourth-order valence-corrected chi connectivity index (χ4v) is 1.19. The largest absolute Gasteiger partial charge is 0.0882 e. The van der Waals surface area contributed by atoms with Gasteiger partial charge in [-0.15, -0.1) is 0 Å². The van der Waals surface area contributed by atoms with Gasteiger partial charge in [0.05, 0.1) is 0 Å². The molecular weight excluding hydrogens is 156 g/mol. The van der Waals surface area contributed by atoms with Gasteiger partial charge in [0.25, 0.3) is 0 Å². The first-order valence-corrected chi connectivity index (χ1v) is 5.02. The molecule has 0 N–H and O–H groups in total. The molecule has 0 bridgehead atoms. The van der Waals surface area contributed by atoms with Crippen molar-refractivity contribution < 1.29 is 0 Å². The number of rotatable bonds is 0. The molecule has 0 saturated carbocycles. The fraction of sp³-hybridized carbons (Fsp3) is 0.385.